The molecule has 0 saturated carbocycles. The van der Waals surface area contributed by atoms with Gasteiger partial charge in [-0.25, -0.2) is 9.59 Å². The third-order valence-electron chi connectivity index (χ3n) is 7.83. The standard InChI is InChI=1S/C33H38N2O8/c1-3-18-33(19-17-22-9-6-5-7-10-22)21-26(36)31(32(41)42-33)25(4-2)23-11-8-12-24(20-23)34-27(37)13-16-30(40)43-35-28(38)14-15-29(35)39/h5-12,20,25,36H,3-4,13-19,21H2,1-2H3,(H,34,37)/t25-,33-/m1/s1. The van der Waals surface area contributed by atoms with Crippen LogP contribution in [0.25, 0.3) is 0 Å². The number of cyclic esters (lactones) is 1. The number of carbonyl (C=O) groups is 5. The molecule has 1 fully saturated rings. The van der Waals surface area contributed by atoms with Crippen molar-refractivity contribution in [2.24, 2.45) is 0 Å². The molecule has 0 spiro atoms. The predicted octanol–water partition coefficient (Wildman–Crippen LogP) is 5.44. The maximum Gasteiger partial charge on any atom is 0.338 e. The highest BCUT2D eigenvalue weighted by atomic mass is 16.7. The van der Waals surface area contributed by atoms with Crippen LogP contribution >= 0.6 is 0 Å². The summed E-state index contributed by atoms with van der Waals surface area (Å²) in [4.78, 5) is 66.1. The topological polar surface area (TPSA) is 139 Å². The van der Waals surface area contributed by atoms with Gasteiger partial charge in [0.05, 0.1) is 12.0 Å². The van der Waals surface area contributed by atoms with Crippen molar-refractivity contribution in [3.63, 3.8) is 0 Å². The number of aliphatic hydroxyl groups excluding tert-OH is 1. The van der Waals surface area contributed by atoms with Gasteiger partial charge >= 0.3 is 11.9 Å². The minimum atomic E-state index is -0.861. The lowest BCUT2D eigenvalue weighted by atomic mass is 9.80. The van der Waals surface area contributed by atoms with Crippen LogP contribution in [0.1, 0.15) is 88.7 Å². The summed E-state index contributed by atoms with van der Waals surface area (Å²) in [6, 6.07) is 16.9. The van der Waals surface area contributed by atoms with Crippen LogP contribution in [-0.2, 0) is 40.0 Å². The Morgan fingerprint density at radius 2 is 1.72 bits per heavy atom. The zero-order valence-electron chi connectivity index (χ0n) is 24.6. The van der Waals surface area contributed by atoms with E-state index in [1.807, 2.05) is 50.2 Å². The Hall–Kier alpha value is -4.47. The van der Waals surface area contributed by atoms with E-state index in [-0.39, 0.29) is 43.4 Å². The van der Waals surface area contributed by atoms with E-state index in [0.29, 0.717) is 30.0 Å². The summed E-state index contributed by atoms with van der Waals surface area (Å²) >= 11 is 0. The maximum absolute atomic E-state index is 13.5. The van der Waals surface area contributed by atoms with Crippen LogP contribution in [0, 0.1) is 0 Å². The van der Waals surface area contributed by atoms with Crippen LogP contribution in [-0.4, -0.2) is 45.4 Å². The fraction of sp³-hybridized carbons (Fsp3) is 0.424. The number of benzene rings is 2. The number of aryl methyl sites for hydroxylation is 1. The highest BCUT2D eigenvalue weighted by molar-refractivity contribution is 6.01. The number of aliphatic hydroxyl groups is 1. The number of anilines is 1. The highest BCUT2D eigenvalue weighted by Gasteiger charge is 2.43. The Labute approximate surface area is 251 Å². The van der Waals surface area contributed by atoms with Crippen molar-refractivity contribution in [2.45, 2.75) is 89.6 Å². The molecule has 2 heterocycles. The summed E-state index contributed by atoms with van der Waals surface area (Å²) in [5.74, 6) is -3.45. The molecule has 2 aliphatic heterocycles. The molecule has 2 aromatic carbocycles. The van der Waals surface area contributed by atoms with Crippen LogP contribution < -0.4 is 5.32 Å². The summed E-state index contributed by atoms with van der Waals surface area (Å²) < 4.78 is 6.12. The molecule has 0 aliphatic carbocycles. The number of rotatable bonds is 13. The number of carbonyl (C=O) groups excluding carboxylic acids is 5. The number of esters is 1. The number of nitrogens with zero attached hydrogens (tertiary/aromatic N) is 1. The van der Waals surface area contributed by atoms with E-state index in [4.69, 9.17) is 9.57 Å². The van der Waals surface area contributed by atoms with Crippen LogP contribution in [0.15, 0.2) is 65.9 Å². The van der Waals surface area contributed by atoms with Gasteiger partial charge in [0.2, 0.25) is 5.91 Å². The van der Waals surface area contributed by atoms with Gasteiger partial charge in [-0.1, -0.05) is 62.7 Å². The fourth-order valence-corrected chi connectivity index (χ4v) is 5.71. The molecule has 43 heavy (non-hydrogen) atoms. The highest BCUT2D eigenvalue weighted by Crippen LogP contribution is 2.42. The molecule has 2 N–H and O–H groups in total. The number of hydroxylamine groups is 2. The molecule has 4 rings (SSSR count). The minimum absolute atomic E-state index is 0.0119. The molecule has 10 heteroatoms. The molecule has 0 radical (unpaired) electrons. The van der Waals surface area contributed by atoms with Gasteiger partial charge < -0.3 is 20.0 Å². The maximum atomic E-state index is 13.5. The Morgan fingerprint density at radius 1 is 1.00 bits per heavy atom. The predicted molar refractivity (Wildman–Crippen MR) is 157 cm³/mol. The van der Waals surface area contributed by atoms with E-state index in [1.54, 1.807) is 18.2 Å². The first-order chi connectivity index (χ1) is 20.6. The molecule has 0 bridgehead atoms. The third kappa shape index (κ3) is 7.88. The molecular formula is C33H38N2O8. The monoisotopic (exact) mass is 590 g/mol. The molecule has 2 atom stereocenters. The van der Waals surface area contributed by atoms with Crippen molar-refractivity contribution in [1.82, 2.24) is 5.06 Å². The summed E-state index contributed by atoms with van der Waals surface area (Å²) in [5.41, 5.74) is 1.76. The van der Waals surface area contributed by atoms with Gasteiger partial charge in [-0.05, 0) is 48.9 Å². The summed E-state index contributed by atoms with van der Waals surface area (Å²) in [5, 5.41) is 14.4. The summed E-state index contributed by atoms with van der Waals surface area (Å²) in [6.45, 7) is 3.94. The number of imide groups is 1. The van der Waals surface area contributed by atoms with Crippen LogP contribution in [0.5, 0.6) is 0 Å². The molecule has 2 aromatic rings. The zero-order chi connectivity index (χ0) is 31.0. The van der Waals surface area contributed by atoms with Crippen molar-refractivity contribution in [2.75, 3.05) is 5.32 Å². The van der Waals surface area contributed by atoms with Crippen molar-refractivity contribution in [3.05, 3.63) is 77.1 Å². The van der Waals surface area contributed by atoms with Gasteiger partial charge in [0, 0.05) is 37.3 Å². The first kappa shape index (κ1) is 31.5. The van der Waals surface area contributed by atoms with Gasteiger partial charge in [-0.3, -0.25) is 14.4 Å². The lowest BCUT2D eigenvalue weighted by Gasteiger charge is -2.38. The van der Waals surface area contributed by atoms with Crippen LogP contribution in [0.4, 0.5) is 5.69 Å². The Balaban J connectivity index is 1.41. The number of amides is 3. The van der Waals surface area contributed by atoms with E-state index in [9.17, 15) is 29.1 Å². The van der Waals surface area contributed by atoms with E-state index in [0.717, 1.165) is 24.0 Å². The van der Waals surface area contributed by atoms with Crippen molar-refractivity contribution in [1.29, 1.82) is 0 Å². The molecular weight excluding hydrogens is 552 g/mol. The molecule has 10 nitrogen and oxygen atoms in total. The quantitative estimate of drug-likeness (QED) is 0.232. The van der Waals surface area contributed by atoms with E-state index < -0.39 is 41.2 Å². The third-order valence-corrected chi connectivity index (χ3v) is 7.83. The number of hydrogen-bond acceptors (Lipinski definition) is 8. The second kappa shape index (κ2) is 14.1. The van der Waals surface area contributed by atoms with Crippen molar-refractivity contribution >= 4 is 35.3 Å². The average Bonchev–Trinajstić information content (AvgIpc) is 3.30. The average molecular weight is 591 g/mol. The largest absolute Gasteiger partial charge is 0.512 e. The molecule has 0 unspecified atom stereocenters. The number of hydrogen-bond donors (Lipinski definition) is 2. The number of nitrogens with one attached hydrogen (secondary N) is 1. The Morgan fingerprint density at radius 3 is 2.37 bits per heavy atom. The summed E-state index contributed by atoms with van der Waals surface area (Å²) in [6.07, 6.45) is 2.95. The van der Waals surface area contributed by atoms with Crippen LogP contribution in [0.2, 0.25) is 0 Å². The lowest BCUT2D eigenvalue weighted by molar-refractivity contribution is -0.197. The smallest absolute Gasteiger partial charge is 0.338 e. The lowest BCUT2D eigenvalue weighted by Crippen LogP contribution is -2.41. The Bertz CT molecular complexity index is 1390. The fourth-order valence-electron chi connectivity index (χ4n) is 5.71. The molecule has 2 aliphatic rings. The SMILES string of the molecule is CCC[C@@]1(CCc2ccccc2)CC(O)=C([C@H](CC)c2cccc(NC(=O)CCC(=O)ON3C(=O)CCC3=O)c2)C(=O)O1. The molecule has 3 amide bonds. The summed E-state index contributed by atoms with van der Waals surface area (Å²) in [7, 11) is 0. The molecule has 1 saturated heterocycles. The van der Waals surface area contributed by atoms with E-state index >= 15 is 0 Å². The Kier molecular flexibility index (Phi) is 10.3. The van der Waals surface area contributed by atoms with Gasteiger partial charge in [-0.15, -0.1) is 5.06 Å². The number of ether oxygens (including phenoxy) is 1. The van der Waals surface area contributed by atoms with Gasteiger partial charge in [-0.2, -0.15) is 0 Å². The first-order valence-electron chi connectivity index (χ1n) is 14.8. The normalized spacial score (nSPS) is 19.3. The minimum Gasteiger partial charge on any atom is -0.512 e. The van der Waals surface area contributed by atoms with E-state index in [1.165, 1.54) is 0 Å². The van der Waals surface area contributed by atoms with E-state index in [2.05, 4.69) is 5.32 Å². The zero-order valence-corrected chi connectivity index (χ0v) is 24.6. The molecule has 0 aromatic heterocycles. The van der Waals surface area contributed by atoms with Gasteiger partial charge in [0.1, 0.15) is 11.4 Å². The second-order valence-electron chi connectivity index (χ2n) is 11.0. The van der Waals surface area contributed by atoms with Gasteiger partial charge in [0.15, 0.2) is 0 Å². The van der Waals surface area contributed by atoms with Crippen LogP contribution in [0.3, 0.4) is 0 Å². The first-order valence-corrected chi connectivity index (χ1v) is 14.8. The molecule has 228 valence electrons. The van der Waals surface area contributed by atoms with Gasteiger partial charge in [0.25, 0.3) is 11.8 Å². The second-order valence-corrected chi connectivity index (χ2v) is 11.0. The van der Waals surface area contributed by atoms with Crippen molar-refractivity contribution in [3.8, 4) is 0 Å². The van der Waals surface area contributed by atoms with Crippen molar-refractivity contribution < 1.29 is 38.7 Å².